The van der Waals surface area contributed by atoms with Crippen molar-refractivity contribution in [2.24, 2.45) is 17.6 Å². The maximum atomic E-state index is 13.7. The summed E-state index contributed by atoms with van der Waals surface area (Å²) in [5.74, 6) is -3.13. The number of ketones is 2. The highest BCUT2D eigenvalue weighted by molar-refractivity contribution is 6.24. The fourth-order valence-corrected chi connectivity index (χ4v) is 5.18. The van der Waals surface area contributed by atoms with E-state index in [1.165, 1.54) is 33.3 Å². The summed E-state index contributed by atoms with van der Waals surface area (Å²) in [4.78, 5) is 53.7. The average Bonchev–Trinajstić information content (AvgIpc) is 2.97. The lowest BCUT2D eigenvalue weighted by Crippen LogP contribution is -2.42. The second kappa shape index (κ2) is 17.2. The summed E-state index contributed by atoms with van der Waals surface area (Å²) in [5.41, 5.74) is 5.57. The lowest BCUT2D eigenvalue weighted by atomic mass is 9.83. The molecule has 13 heteroatoms. The van der Waals surface area contributed by atoms with E-state index in [4.69, 9.17) is 19.9 Å². The molecule has 1 aliphatic carbocycles. The number of amides is 2. The molecule has 7 atom stereocenters. The summed E-state index contributed by atoms with van der Waals surface area (Å²) >= 11 is 0. The summed E-state index contributed by atoms with van der Waals surface area (Å²) in [5, 5.41) is 28.3. The number of primary amides is 1. The molecule has 2 bridgehead atoms. The molecule has 1 aliphatic heterocycles. The Hall–Kier alpha value is -3.62. The van der Waals surface area contributed by atoms with Gasteiger partial charge >= 0.3 is 6.09 Å². The number of aliphatic hydroxyl groups excluding tert-OH is 2. The molecule has 2 aliphatic rings. The van der Waals surface area contributed by atoms with Gasteiger partial charge < -0.3 is 45.7 Å². The van der Waals surface area contributed by atoms with Crippen LogP contribution in [0.4, 0.5) is 4.79 Å². The van der Waals surface area contributed by atoms with Crippen LogP contribution in [0.25, 0.3) is 0 Å². The van der Waals surface area contributed by atoms with E-state index in [2.05, 4.69) is 10.6 Å². The molecule has 45 heavy (non-hydrogen) atoms. The number of Topliss-reactive ketones (excluding diaryl/α,β-unsaturated/α-hetero) is 1. The first-order chi connectivity index (χ1) is 21.1. The largest absolute Gasteiger partial charge is 0.439 e. The Morgan fingerprint density at radius 2 is 1.80 bits per heavy atom. The quantitative estimate of drug-likeness (QED) is 0.198. The molecular weight excluding hydrogens is 584 g/mol. The molecule has 2 amide bonds. The van der Waals surface area contributed by atoms with Crippen LogP contribution in [0.3, 0.4) is 0 Å². The van der Waals surface area contributed by atoms with Crippen molar-refractivity contribution < 1.29 is 43.6 Å². The fraction of sp³-hybridized carbons (Fsp3) is 0.562. The molecule has 13 nitrogen and oxygen atoms in total. The number of allylic oxidation sites excluding steroid dienone is 4. The van der Waals surface area contributed by atoms with Crippen LogP contribution in [0.5, 0.6) is 0 Å². The number of carbonyl (C=O) groups is 4. The number of fused-ring (bicyclic) bond motifs is 2. The van der Waals surface area contributed by atoms with E-state index in [9.17, 15) is 29.4 Å². The van der Waals surface area contributed by atoms with Gasteiger partial charge in [-0.25, -0.2) is 4.79 Å². The third-order valence-corrected chi connectivity index (χ3v) is 7.84. The van der Waals surface area contributed by atoms with Gasteiger partial charge in [-0.1, -0.05) is 38.2 Å². The Bertz CT molecular complexity index is 1270. The number of hydrogen-bond acceptors (Lipinski definition) is 11. The van der Waals surface area contributed by atoms with Gasteiger partial charge in [0.05, 0.1) is 35.3 Å². The van der Waals surface area contributed by atoms with Crippen molar-refractivity contribution in [1.82, 2.24) is 15.5 Å². The summed E-state index contributed by atoms with van der Waals surface area (Å²) in [6.45, 7) is 7.51. The Labute approximate surface area is 264 Å². The maximum Gasteiger partial charge on any atom is 0.405 e. The Kier molecular flexibility index (Phi) is 14.3. The van der Waals surface area contributed by atoms with Gasteiger partial charge in [0.2, 0.25) is 11.6 Å². The summed E-state index contributed by atoms with van der Waals surface area (Å²) in [6.07, 6.45) is 1.28. The smallest absolute Gasteiger partial charge is 0.405 e. The molecule has 0 aromatic rings. The molecule has 6 N–H and O–H groups in total. The predicted octanol–water partition coefficient (Wildman–Crippen LogP) is 0.884. The van der Waals surface area contributed by atoms with E-state index in [1.807, 2.05) is 19.0 Å². The van der Waals surface area contributed by atoms with Crippen molar-refractivity contribution in [2.75, 3.05) is 41.4 Å². The minimum Gasteiger partial charge on any atom is -0.439 e. The van der Waals surface area contributed by atoms with Crippen molar-refractivity contribution >= 4 is 23.6 Å². The van der Waals surface area contributed by atoms with E-state index in [-0.39, 0.29) is 29.0 Å². The number of nitrogens with one attached hydrogen (secondary N) is 2. The normalized spacial score (nSPS) is 32.2. The third-order valence-electron chi connectivity index (χ3n) is 7.84. The summed E-state index contributed by atoms with van der Waals surface area (Å²) in [6, 6.07) is 0. The van der Waals surface area contributed by atoms with Crippen LogP contribution in [0.2, 0.25) is 0 Å². The van der Waals surface area contributed by atoms with Crippen LogP contribution < -0.4 is 16.4 Å². The minimum atomic E-state index is -1.45. The van der Waals surface area contributed by atoms with E-state index < -0.39 is 65.9 Å². The number of nitrogens with zero attached hydrogens (tertiary/aromatic N) is 1. The first-order valence-electron chi connectivity index (χ1n) is 14.8. The number of methoxy groups -OCH3 is 2. The SMILES string of the molecule is CO[C@H]1/C=C\C=C(/C)C(=O)NC2=CC(=O)C(NCCN(C)C)=C(C2=O)C(O)[C@@H](C)C[C@H](OC)[C@H](O)[C@@H](C)/C=C(\C)[C@@H]1OC(N)=O. The second-order valence-corrected chi connectivity index (χ2v) is 11.7. The molecule has 0 spiro atoms. The average molecular weight is 633 g/mol. The van der Waals surface area contributed by atoms with Crippen LogP contribution in [-0.4, -0.2) is 111 Å². The fourth-order valence-electron chi connectivity index (χ4n) is 5.18. The van der Waals surface area contributed by atoms with Gasteiger partial charge in [-0.15, -0.1) is 0 Å². The third kappa shape index (κ3) is 10.2. The molecule has 0 saturated heterocycles. The second-order valence-electron chi connectivity index (χ2n) is 11.7. The van der Waals surface area contributed by atoms with Crippen molar-refractivity contribution in [3.05, 3.63) is 58.5 Å². The number of hydrogen-bond donors (Lipinski definition) is 5. The van der Waals surface area contributed by atoms with Crippen LogP contribution in [0.15, 0.2) is 58.5 Å². The van der Waals surface area contributed by atoms with E-state index in [0.717, 1.165) is 6.08 Å². The zero-order valence-corrected chi connectivity index (χ0v) is 27.3. The van der Waals surface area contributed by atoms with Crippen LogP contribution >= 0.6 is 0 Å². The molecule has 0 radical (unpaired) electrons. The van der Waals surface area contributed by atoms with Gasteiger partial charge in [0.25, 0.3) is 5.91 Å². The Morgan fingerprint density at radius 1 is 1.13 bits per heavy atom. The number of nitrogens with two attached hydrogens (primary N) is 1. The van der Waals surface area contributed by atoms with Crippen LogP contribution in [0, 0.1) is 11.8 Å². The summed E-state index contributed by atoms with van der Waals surface area (Å²) in [7, 11) is 6.55. The molecule has 250 valence electrons. The van der Waals surface area contributed by atoms with E-state index in [0.29, 0.717) is 18.7 Å². The van der Waals surface area contributed by atoms with Gasteiger partial charge in [-0.3, -0.25) is 14.4 Å². The first kappa shape index (κ1) is 37.6. The van der Waals surface area contributed by atoms with Gasteiger partial charge in [0, 0.05) is 44.9 Å². The van der Waals surface area contributed by atoms with Crippen LogP contribution in [-0.2, 0) is 28.6 Å². The topological polar surface area (TPSA) is 190 Å². The van der Waals surface area contributed by atoms with E-state index >= 15 is 0 Å². The molecule has 0 aromatic heterocycles. The minimum absolute atomic E-state index is 0.0483. The zero-order chi connectivity index (χ0) is 34.0. The van der Waals surface area contributed by atoms with Crippen molar-refractivity contribution in [3.8, 4) is 0 Å². The van der Waals surface area contributed by atoms with Gasteiger partial charge in [-0.05, 0) is 45.9 Å². The molecule has 0 fully saturated rings. The van der Waals surface area contributed by atoms with Gasteiger partial charge in [0.15, 0.2) is 6.10 Å². The van der Waals surface area contributed by atoms with Crippen molar-refractivity contribution in [3.63, 3.8) is 0 Å². The maximum absolute atomic E-state index is 13.7. The van der Waals surface area contributed by atoms with Gasteiger partial charge in [0.1, 0.15) is 6.10 Å². The molecule has 0 aromatic carbocycles. The summed E-state index contributed by atoms with van der Waals surface area (Å²) < 4.78 is 16.5. The molecule has 2 rings (SSSR count). The number of aliphatic hydroxyl groups is 2. The Balaban J connectivity index is 2.66. The lowest BCUT2D eigenvalue weighted by Gasteiger charge is -2.32. The van der Waals surface area contributed by atoms with Crippen LogP contribution in [0.1, 0.15) is 34.1 Å². The first-order valence-corrected chi connectivity index (χ1v) is 14.8. The highest BCUT2D eigenvalue weighted by Crippen LogP contribution is 2.29. The van der Waals surface area contributed by atoms with Crippen molar-refractivity contribution in [2.45, 2.75) is 64.6 Å². The highest BCUT2D eigenvalue weighted by Gasteiger charge is 2.38. The number of carbonyl (C=O) groups excluding carboxylic acids is 4. The van der Waals surface area contributed by atoms with Crippen molar-refractivity contribution in [1.29, 1.82) is 0 Å². The number of likely N-dealkylation sites (N-methyl/N-ethyl adjacent to an activating group) is 1. The molecule has 0 saturated carbocycles. The monoisotopic (exact) mass is 632 g/mol. The number of ether oxygens (including phenoxy) is 3. The lowest BCUT2D eigenvalue weighted by molar-refractivity contribution is -0.120. The standard InChI is InChI=1S/C32H48N4O9/c1-17-10-9-11-23(43-7)30(45-32(33)42)20(4)14-18(2)27(38)24(44-8)15-19(3)28(39)25-26(34-12-13-36(5)6)22(37)16-21(29(25)40)35-31(17)41/h9-11,14,16,18-19,23-24,27-28,30,34,38-39H,12-13,15H2,1-8H3,(H2,33,42)(H,35,41)/b11-9-,17-10+,20-14+/t18-,19-,23-,24-,27+,28?,30-/m0/s1. The molecule has 1 heterocycles. The highest BCUT2D eigenvalue weighted by atomic mass is 16.6. The number of rotatable bonds is 7. The Morgan fingerprint density at radius 3 is 2.38 bits per heavy atom. The zero-order valence-electron chi connectivity index (χ0n) is 27.3. The molecular formula is C32H48N4O9. The predicted molar refractivity (Wildman–Crippen MR) is 167 cm³/mol. The molecule has 1 unspecified atom stereocenters. The van der Waals surface area contributed by atoms with Gasteiger partial charge in [-0.2, -0.15) is 0 Å². The van der Waals surface area contributed by atoms with E-state index in [1.54, 1.807) is 32.9 Å².